The number of imide groups is 1. The van der Waals surface area contributed by atoms with Gasteiger partial charge < -0.3 is 38.7 Å². The fourth-order valence-corrected chi connectivity index (χ4v) is 12.0. The number of hydrogen-bond donors (Lipinski definition) is 1. The van der Waals surface area contributed by atoms with Gasteiger partial charge in [-0.25, -0.2) is 44.8 Å². The van der Waals surface area contributed by atoms with Gasteiger partial charge in [0, 0.05) is 101 Å². The molecule has 7 rings (SSSR count). The summed E-state index contributed by atoms with van der Waals surface area (Å²) < 4.78 is 147. The molecule has 518 valence electrons. The summed E-state index contributed by atoms with van der Waals surface area (Å²) in [5.74, 6) is -9.44. The van der Waals surface area contributed by atoms with Crippen LogP contribution in [-0.4, -0.2) is 129 Å². The van der Waals surface area contributed by atoms with Crippen LogP contribution in [0, 0.1) is 36.5 Å². The van der Waals surface area contributed by atoms with Crippen LogP contribution in [-0.2, 0) is 28.7 Å². The fourth-order valence-electron chi connectivity index (χ4n) is 12.0. The van der Waals surface area contributed by atoms with Gasteiger partial charge in [-0.15, -0.1) is 0 Å². The largest absolute Gasteiger partial charge is 2.00 e. The molecule has 3 aliphatic heterocycles. The number of hydrogen-bond acceptors (Lipinski definition) is 9. The number of nitrogens with zero attached hydrogens (tertiary/aromatic N) is 2. The Morgan fingerprint density at radius 1 is 0.648 bits per heavy atom. The number of ether oxygens (including phenoxy) is 2. The van der Waals surface area contributed by atoms with Crippen LogP contribution < -0.4 is 22.3 Å². The van der Waals surface area contributed by atoms with Crippen molar-refractivity contribution in [2.75, 3.05) is 0 Å². The van der Waals surface area contributed by atoms with Crippen LogP contribution in [0.5, 0.6) is 0 Å². The topological polar surface area (TPSA) is 131 Å². The number of esters is 1. The summed E-state index contributed by atoms with van der Waals surface area (Å²) in [4.78, 5) is 62.3. The molecule has 6 fully saturated rings. The molecule has 2 amide bonds. The van der Waals surface area contributed by atoms with Crippen molar-refractivity contribution in [1.82, 2.24) is 10.2 Å². The Balaban J connectivity index is -0.000000330. The first kappa shape index (κ1) is 94.6. The predicted molar refractivity (Wildman–Crippen MR) is 329 cm³/mol. The Bertz CT molecular complexity index is 1970. The van der Waals surface area contributed by atoms with E-state index in [0.717, 1.165) is 19.3 Å². The van der Waals surface area contributed by atoms with Crippen molar-refractivity contribution >= 4 is 58.8 Å². The molecule has 2 saturated heterocycles. The average molecular weight is 1360 g/mol. The molecule has 0 spiro atoms. The van der Waals surface area contributed by atoms with E-state index < -0.39 is 53.4 Å². The molecule has 7 aliphatic rings. The second-order valence-corrected chi connectivity index (χ2v) is 25.4. The molecule has 10 nitrogen and oxygen atoms in total. The number of halogens is 12. The van der Waals surface area contributed by atoms with Gasteiger partial charge in [-0.3, -0.25) is 24.2 Å². The third-order valence-corrected chi connectivity index (χ3v) is 16.6. The molecule has 5 atom stereocenters. The minimum atomic E-state index is -4.64. The van der Waals surface area contributed by atoms with Crippen molar-refractivity contribution in [3.63, 3.8) is 0 Å². The number of rotatable bonds is 12. The Kier molecular flexibility index (Phi) is 46.2. The Morgan fingerprint density at radius 3 is 1.44 bits per heavy atom. The van der Waals surface area contributed by atoms with E-state index in [-0.39, 0.29) is 175 Å². The molecule has 3 heterocycles. The SMILES string of the molecule is C.C.C.C.CC(C)(C)OC(=O)N1C(=O)CC[C@H]1C1CCC(F)(F)CC1.CCC(=O)CC[C@H](CC(=O)OC(C)(C)C)C1CCC(F)(F)CC1.CCC1=N[C@H](C2CCC(F)(F)CC2)CC1.CC[C@H]1CC[C@@H](C2CCC(F)(F)CC2)N1.O=CC(F)(F)F.[Br-].[CH2-]C.[Mg+2]. The number of alkyl halides is 11. The van der Waals surface area contributed by atoms with Gasteiger partial charge in [-0.1, -0.05) is 50.5 Å². The molecule has 0 unspecified atom stereocenters. The van der Waals surface area contributed by atoms with E-state index in [9.17, 15) is 67.5 Å². The molecular formula is C65H115BrF11MgN3O7. The quantitative estimate of drug-likeness (QED) is 0.0672. The second kappa shape index (κ2) is 43.0. The summed E-state index contributed by atoms with van der Waals surface area (Å²) in [5.41, 5.74) is 0.0576. The van der Waals surface area contributed by atoms with Crippen molar-refractivity contribution < 1.29 is 98.7 Å². The minimum Gasteiger partial charge on any atom is -1.00 e. The molecule has 0 radical (unpaired) electrons. The minimum absolute atomic E-state index is 0. The Morgan fingerprint density at radius 2 is 1.07 bits per heavy atom. The van der Waals surface area contributed by atoms with Gasteiger partial charge in [0.05, 0.1) is 6.04 Å². The number of aliphatic imine (C=N–C) groups is 1. The normalized spacial score (nSPS) is 24.2. The van der Waals surface area contributed by atoms with Crippen molar-refractivity contribution in [3.8, 4) is 0 Å². The molecule has 0 bridgehead atoms. The van der Waals surface area contributed by atoms with E-state index in [0.29, 0.717) is 107 Å². The molecule has 23 heteroatoms. The standard InChI is InChI=1S/C18H30F2O3.C15H23F2NO3.C12H21F2N.C12H19F2N.C2HF3O.C2H5.4CH4.BrH.Mg/c1-5-15(21)7-6-14(12-16(22)23-17(2,3)4)13-8-10-18(19,20)11-9-13;1-14(2,3)21-13(20)18-11(4-5-12(18)19)10-6-8-15(16,17)9-7-10;2*1-2-10-3-4-11(15-10)9-5-7-12(13,14)8-6-9;3-2(4,5)1-6;1-2;;;;;;/h13-14H,5-12H2,1-4H3;10-11H,4-9H2,1-3H3;9-11,15H,2-8H2,1H3;9,11H,2-8H2,1H3;1H;1H2,2H3;4*1H4;1H;/q;;;;;-1;;;;;;+2/p-1/t14-;11-;10-,11-;11-;;;;;;;;/m1000......../s1. The smallest absolute Gasteiger partial charge is 1.00 e. The van der Waals surface area contributed by atoms with Crippen LogP contribution in [0.25, 0.3) is 0 Å². The maximum absolute atomic E-state index is 13.3. The van der Waals surface area contributed by atoms with E-state index in [1.807, 2.05) is 27.7 Å². The summed E-state index contributed by atoms with van der Waals surface area (Å²) in [6.07, 6.45) is 7.05. The van der Waals surface area contributed by atoms with Gasteiger partial charge in [0.15, 0.2) is 0 Å². The number of carbonyl (C=O) groups is 5. The van der Waals surface area contributed by atoms with E-state index >= 15 is 0 Å². The summed E-state index contributed by atoms with van der Waals surface area (Å²) >= 11 is 0. The molecule has 4 saturated carbocycles. The monoisotopic (exact) mass is 1360 g/mol. The zero-order chi connectivity index (χ0) is 62.5. The molecule has 88 heavy (non-hydrogen) atoms. The van der Waals surface area contributed by atoms with E-state index in [2.05, 4.69) is 31.1 Å². The fraction of sp³-hybridized carbons (Fsp3) is 0.892. The first-order valence-electron chi connectivity index (χ1n) is 30.2. The first-order chi connectivity index (χ1) is 37.9. The van der Waals surface area contributed by atoms with Crippen LogP contribution in [0.2, 0.25) is 0 Å². The van der Waals surface area contributed by atoms with Crippen molar-refractivity contribution in [3.05, 3.63) is 6.92 Å². The van der Waals surface area contributed by atoms with Crippen molar-refractivity contribution in [2.45, 2.75) is 344 Å². The number of Topliss-reactive ketones (excluding diaryl/α,β-unsaturated/α-hetero) is 1. The Labute approximate surface area is 550 Å². The van der Waals surface area contributed by atoms with Crippen LogP contribution in [0.1, 0.15) is 279 Å². The number of carbonyl (C=O) groups excluding carboxylic acids is 5. The van der Waals surface area contributed by atoms with Crippen LogP contribution >= 0.6 is 0 Å². The molecule has 0 aromatic carbocycles. The third-order valence-electron chi connectivity index (χ3n) is 16.6. The molecular weight excluding hydrogens is 1250 g/mol. The van der Waals surface area contributed by atoms with Crippen molar-refractivity contribution in [1.29, 1.82) is 0 Å². The maximum atomic E-state index is 13.3. The first-order valence-corrected chi connectivity index (χ1v) is 30.2. The number of aldehydes is 1. The maximum Gasteiger partial charge on any atom is 2.00 e. The van der Waals surface area contributed by atoms with Gasteiger partial charge in [0.2, 0.25) is 35.9 Å². The van der Waals surface area contributed by atoms with Crippen LogP contribution in [0.15, 0.2) is 4.99 Å². The zero-order valence-corrected chi connectivity index (χ0v) is 54.8. The van der Waals surface area contributed by atoms with Gasteiger partial charge in [0.25, 0.3) is 0 Å². The summed E-state index contributed by atoms with van der Waals surface area (Å²) in [5, 5.41) is 3.59. The number of likely N-dealkylation sites (tertiary alicyclic amines) is 1. The molecule has 4 aliphatic carbocycles. The van der Waals surface area contributed by atoms with E-state index in [1.165, 1.54) is 29.9 Å². The van der Waals surface area contributed by atoms with E-state index in [1.54, 1.807) is 27.7 Å². The predicted octanol–water partition coefficient (Wildman–Crippen LogP) is 16.6. The van der Waals surface area contributed by atoms with Crippen LogP contribution in [0.4, 0.5) is 53.1 Å². The van der Waals surface area contributed by atoms with Gasteiger partial charge in [-0.2, -0.15) is 20.1 Å². The van der Waals surface area contributed by atoms with Crippen molar-refractivity contribution in [2.24, 2.45) is 34.6 Å². The van der Waals surface area contributed by atoms with Gasteiger partial charge >= 0.3 is 41.3 Å². The van der Waals surface area contributed by atoms with E-state index in [4.69, 9.17) is 14.3 Å². The second-order valence-electron chi connectivity index (χ2n) is 25.4. The van der Waals surface area contributed by atoms with Gasteiger partial charge in [0.1, 0.15) is 17.0 Å². The summed E-state index contributed by atoms with van der Waals surface area (Å²) in [6.45, 7) is 21.8. The number of amides is 2. The molecule has 1 N–H and O–H groups in total. The summed E-state index contributed by atoms with van der Waals surface area (Å²) in [6, 6.07) is 1.22. The van der Waals surface area contributed by atoms with Crippen LogP contribution in [0.3, 0.4) is 0 Å². The summed E-state index contributed by atoms with van der Waals surface area (Å²) in [7, 11) is 0. The molecule has 0 aromatic heterocycles. The zero-order valence-electron chi connectivity index (χ0n) is 51.8. The Hall–Kier alpha value is -2.14. The number of ketones is 1. The average Bonchev–Trinajstić information content (AvgIpc) is 3.87. The number of nitrogens with one attached hydrogen (secondary N) is 1. The third kappa shape index (κ3) is 36.9. The van der Waals surface area contributed by atoms with Gasteiger partial charge in [-0.05, 0) is 174 Å². The molecule has 0 aromatic rings.